The molecule has 0 aliphatic rings. The van der Waals surface area contributed by atoms with Gasteiger partial charge in [0.15, 0.2) is 0 Å². The highest BCUT2D eigenvalue weighted by Gasteiger charge is 2.44. The number of aromatic hydroxyl groups is 1. The number of rotatable bonds is 13. The quantitative estimate of drug-likeness (QED) is 0.155. The number of phenolic OH excluding ortho intramolecular Hbond substituents is 1. The lowest BCUT2D eigenvalue weighted by Crippen LogP contribution is -2.40. The molecule has 43 heavy (non-hydrogen) atoms. The Morgan fingerprint density at radius 1 is 0.698 bits per heavy atom. The Morgan fingerprint density at radius 3 is 1.56 bits per heavy atom. The van der Waals surface area contributed by atoms with Crippen LogP contribution < -0.4 is 9.47 Å². The highest BCUT2D eigenvalue weighted by molar-refractivity contribution is 5.83. The maximum atomic E-state index is 13.3. The van der Waals surface area contributed by atoms with E-state index in [-0.39, 0.29) is 16.6 Å². The topological polar surface area (TPSA) is 71.3 Å². The van der Waals surface area contributed by atoms with Crippen LogP contribution in [0.5, 0.6) is 17.2 Å². The van der Waals surface area contributed by atoms with Gasteiger partial charge >= 0.3 is 0 Å². The van der Waals surface area contributed by atoms with Crippen molar-refractivity contribution in [1.29, 1.82) is 0 Å². The molecule has 0 amide bonds. The Hall–Kier alpha value is -3.31. The molecule has 0 heterocycles. The van der Waals surface area contributed by atoms with Crippen molar-refractivity contribution in [2.24, 2.45) is 4.99 Å². The van der Waals surface area contributed by atoms with Crippen molar-refractivity contribution in [3.8, 4) is 17.2 Å². The maximum absolute atomic E-state index is 13.3. The lowest BCUT2D eigenvalue weighted by Gasteiger charge is -2.38. The fraction of sp³-hybridized carbons (Fsp3) is 0.500. The number of benzene rings is 3. The van der Waals surface area contributed by atoms with Crippen LogP contribution in [0.25, 0.3) is 0 Å². The van der Waals surface area contributed by atoms with E-state index in [4.69, 9.17) is 14.5 Å². The summed E-state index contributed by atoms with van der Waals surface area (Å²) in [4.78, 5) is 4.89. The SMILES string of the molecule is CCCCOc1c(C(C)(C)C)cccc1C(O)(c1cccc(C(C)(C)C)c1OCCCC)[C@@H](C)N=Cc1ccccc1O. The van der Waals surface area contributed by atoms with E-state index in [0.717, 1.165) is 36.8 Å². The molecule has 0 saturated carbocycles. The Morgan fingerprint density at radius 2 is 1.14 bits per heavy atom. The van der Waals surface area contributed by atoms with Gasteiger partial charge in [-0.3, -0.25) is 4.99 Å². The number of hydrogen-bond acceptors (Lipinski definition) is 5. The van der Waals surface area contributed by atoms with Gasteiger partial charge in [0.1, 0.15) is 22.8 Å². The molecule has 5 nitrogen and oxygen atoms in total. The van der Waals surface area contributed by atoms with Gasteiger partial charge in [0.2, 0.25) is 0 Å². The zero-order valence-electron chi connectivity index (χ0n) is 27.8. The molecule has 0 bridgehead atoms. The van der Waals surface area contributed by atoms with Crippen molar-refractivity contribution >= 4 is 6.21 Å². The Balaban J connectivity index is 2.40. The smallest absolute Gasteiger partial charge is 0.144 e. The van der Waals surface area contributed by atoms with Crippen LogP contribution in [0.3, 0.4) is 0 Å². The molecular weight excluding hydrogens is 534 g/mol. The highest BCUT2D eigenvalue weighted by Crippen LogP contribution is 2.48. The minimum absolute atomic E-state index is 0.138. The first-order valence-corrected chi connectivity index (χ1v) is 15.8. The molecule has 3 aromatic rings. The molecule has 0 unspecified atom stereocenters. The van der Waals surface area contributed by atoms with E-state index in [1.54, 1.807) is 18.3 Å². The standard InChI is InChI=1S/C38H53NO4/c1-10-12-24-42-34-29(36(4,5)6)19-16-21-31(34)38(41,27(3)39-26-28-18-14-15-23-33(28)40)32-22-17-20-30(37(7,8)9)35(32)43-25-13-11-2/h14-23,26-27,40-41H,10-13,24-25H2,1-9H3/t27-/m1/s1. The van der Waals surface area contributed by atoms with Gasteiger partial charge in [-0.25, -0.2) is 0 Å². The van der Waals surface area contributed by atoms with Crippen LogP contribution in [0.15, 0.2) is 65.7 Å². The van der Waals surface area contributed by atoms with E-state index >= 15 is 0 Å². The van der Waals surface area contributed by atoms with Crippen molar-refractivity contribution < 1.29 is 19.7 Å². The predicted molar refractivity (Wildman–Crippen MR) is 179 cm³/mol. The maximum Gasteiger partial charge on any atom is 0.144 e. The summed E-state index contributed by atoms with van der Waals surface area (Å²) in [5.74, 6) is 1.52. The van der Waals surface area contributed by atoms with E-state index in [9.17, 15) is 10.2 Å². The fourth-order valence-corrected chi connectivity index (χ4v) is 5.30. The lowest BCUT2D eigenvalue weighted by atomic mass is 9.74. The van der Waals surface area contributed by atoms with Crippen molar-refractivity contribution in [3.05, 3.63) is 88.5 Å². The third-order valence-electron chi connectivity index (χ3n) is 7.93. The van der Waals surface area contributed by atoms with Crippen LogP contribution in [-0.4, -0.2) is 35.7 Å². The molecule has 234 valence electrons. The number of unbranched alkanes of at least 4 members (excludes halogenated alkanes) is 2. The van der Waals surface area contributed by atoms with Gasteiger partial charge in [-0.1, -0.05) is 117 Å². The second-order valence-corrected chi connectivity index (χ2v) is 13.5. The summed E-state index contributed by atoms with van der Waals surface area (Å²) in [5, 5.41) is 23.7. The Labute approximate surface area is 260 Å². The van der Waals surface area contributed by atoms with Gasteiger partial charge in [-0.15, -0.1) is 0 Å². The summed E-state index contributed by atoms with van der Waals surface area (Å²) in [7, 11) is 0. The van der Waals surface area contributed by atoms with Gasteiger partial charge in [0.25, 0.3) is 0 Å². The molecule has 0 aliphatic carbocycles. The zero-order chi connectivity index (χ0) is 31.8. The molecule has 0 saturated heterocycles. The minimum atomic E-state index is -1.62. The lowest BCUT2D eigenvalue weighted by molar-refractivity contribution is 0.0516. The summed E-state index contributed by atoms with van der Waals surface area (Å²) in [6.45, 7) is 20.3. The van der Waals surface area contributed by atoms with Gasteiger partial charge in [-0.05, 0) is 53.9 Å². The first-order valence-electron chi connectivity index (χ1n) is 15.8. The molecule has 5 heteroatoms. The predicted octanol–water partition coefficient (Wildman–Crippen LogP) is 9.09. The van der Waals surface area contributed by atoms with E-state index < -0.39 is 11.6 Å². The monoisotopic (exact) mass is 587 g/mol. The summed E-state index contributed by atoms with van der Waals surface area (Å²) in [6, 6.07) is 18.5. The third kappa shape index (κ3) is 8.00. The average Bonchev–Trinajstić information content (AvgIpc) is 2.95. The van der Waals surface area contributed by atoms with Crippen molar-refractivity contribution in [1.82, 2.24) is 0 Å². The molecule has 0 spiro atoms. The number of nitrogens with zero attached hydrogens (tertiary/aromatic N) is 1. The third-order valence-corrected chi connectivity index (χ3v) is 7.93. The highest BCUT2D eigenvalue weighted by atomic mass is 16.5. The van der Waals surface area contributed by atoms with Gasteiger partial charge in [-0.2, -0.15) is 0 Å². The van der Waals surface area contributed by atoms with Gasteiger partial charge in [0.05, 0.1) is 19.3 Å². The Bertz CT molecular complexity index is 1290. The van der Waals surface area contributed by atoms with E-state index in [1.165, 1.54) is 0 Å². The molecule has 3 aromatic carbocycles. The van der Waals surface area contributed by atoms with Crippen LogP contribution >= 0.6 is 0 Å². The van der Waals surface area contributed by atoms with E-state index in [2.05, 4.69) is 67.5 Å². The summed E-state index contributed by atoms with van der Waals surface area (Å²) in [6.07, 6.45) is 5.45. The average molecular weight is 588 g/mol. The fourth-order valence-electron chi connectivity index (χ4n) is 5.30. The summed E-state index contributed by atoms with van der Waals surface area (Å²) < 4.78 is 13.2. The van der Waals surface area contributed by atoms with Crippen molar-refractivity contribution in [3.63, 3.8) is 0 Å². The molecule has 3 rings (SSSR count). The summed E-state index contributed by atoms with van der Waals surface area (Å²) in [5.41, 5.74) is 1.88. The molecule has 0 aromatic heterocycles. The van der Waals surface area contributed by atoms with Crippen LogP contribution in [0, 0.1) is 0 Å². The molecule has 1 atom stereocenters. The van der Waals surface area contributed by atoms with Gasteiger partial charge in [0, 0.05) is 22.9 Å². The number of phenols is 1. The molecule has 2 N–H and O–H groups in total. The van der Waals surface area contributed by atoms with Crippen LogP contribution in [0.1, 0.15) is 116 Å². The Kier molecular flexibility index (Phi) is 11.5. The van der Waals surface area contributed by atoms with E-state index in [0.29, 0.717) is 41.4 Å². The second-order valence-electron chi connectivity index (χ2n) is 13.5. The number of para-hydroxylation sites is 3. The second kappa shape index (κ2) is 14.4. The molecule has 0 radical (unpaired) electrons. The first-order chi connectivity index (χ1) is 20.3. The summed E-state index contributed by atoms with van der Waals surface area (Å²) >= 11 is 0. The first kappa shape index (κ1) is 34.2. The zero-order valence-corrected chi connectivity index (χ0v) is 27.8. The molecular formula is C38H53NO4. The number of ether oxygens (including phenoxy) is 2. The normalized spacial score (nSPS) is 13.3. The molecule has 0 fully saturated rings. The number of aliphatic imine (C=N–C) groups is 1. The molecule has 0 aliphatic heterocycles. The largest absolute Gasteiger partial charge is 0.507 e. The van der Waals surface area contributed by atoms with Crippen molar-refractivity contribution in [2.75, 3.05) is 13.2 Å². The van der Waals surface area contributed by atoms with Gasteiger partial charge < -0.3 is 19.7 Å². The van der Waals surface area contributed by atoms with Crippen LogP contribution in [-0.2, 0) is 16.4 Å². The minimum Gasteiger partial charge on any atom is -0.507 e. The number of aliphatic hydroxyl groups is 1. The van der Waals surface area contributed by atoms with E-state index in [1.807, 2.05) is 43.3 Å². The van der Waals surface area contributed by atoms with Crippen LogP contribution in [0.2, 0.25) is 0 Å². The van der Waals surface area contributed by atoms with Crippen LogP contribution in [0.4, 0.5) is 0 Å². The number of hydrogen-bond donors (Lipinski definition) is 2. The van der Waals surface area contributed by atoms with Crippen molar-refractivity contribution in [2.45, 2.75) is 110 Å².